The summed E-state index contributed by atoms with van der Waals surface area (Å²) in [5, 5.41) is 5.31. The second kappa shape index (κ2) is 5.31. The van der Waals surface area contributed by atoms with Gasteiger partial charge in [-0.25, -0.2) is 4.39 Å². The fraction of sp³-hybridized carbons (Fsp3) is 0.300. The van der Waals surface area contributed by atoms with Crippen LogP contribution in [0.15, 0.2) is 18.2 Å². The van der Waals surface area contributed by atoms with E-state index in [4.69, 9.17) is 4.74 Å². The molecule has 15 heavy (non-hydrogen) atoms. The summed E-state index contributed by atoms with van der Waals surface area (Å²) in [5.41, 5.74) is 0.458. The zero-order valence-corrected chi connectivity index (χ0v) is 8.63. The van der Waals surface area contributed by atoms with Crippen LogP contribution in [-0.4, -0.2) is 26.6 Å². The molecule has 5 heteroatoms. The number of carbonyl (C=O) groups is 1. The van der Waals surface area contributed by atoms with E-state index in [1.165, 1.54) is 25.3 Å². The Morgan fingerprint density at radius 3 is 2.87 bits per heavy atom. The van der Waals surface area contributed by atoms with Crippen LogP contribution < -0.4 is 15.4 Å². The lowest BCUT2D eigenvalue weighted by atomic mass is 10.3. The number of nitrogens with one attached hydrogen (secondary N) is 2. The number of benzene rings is 1. The number of likely N-dealkylation sites (N-methyl/N-ethyl adjacent to an activating group) is 1. The number of hydrogen-bond donors (Lipinski definition) is 2. The molecule has 0 aliphatic carbocycles. The third-order valence-electron chi connectivity index (χ3n) is 1.77. The van der Waals surface area contributed by atoms with Crippen LogP contribution in [0.25, 0.3) is 0 Å². The molecule has 0 heterocycles. The maximum atomic E-state index is 12.8. The number of rotatable bonds is 4. The Morgan fingerprint density at radius 2 is 2.27 bits per heavy atom. The first-order valence-electron chi connectivity index (χ1n) is 4.45. The summed E-state index contributed by atoms with van der Waals surface area (Å²) in [6.45, 7) is 0.195. The van der Waals surface area contributed by atoms with Crippen LogP contribution in [-0.2, 0) is 4.79 Å². The smallest absolute Gasteiger partial charge is 0.238 e. The summed E-state index contributed by atoms with van der Waals surface area (Å²) < 4.78 is 17.7. The molecule has 82 valence electrons. The molecule has 1 amide bonds. The fourth-order valence-corrected chi connectivity index (χ4v) is 1.12. The molecular formula is C10H13FN2O2. The fourth-order valence-electron chi connectivity index (χ4n) is 1.12. The monoisotopic (exact) mass is 212 g/mol. The van der Waals surface area contributed by atoms with Gasteiger partial charge in [0, 0.05) is 6.07 Å². The van der Waals surface area contributed by atoms with E-state index in [1.54, 1.807) is 7.05 Å². The molecule has 0 spiro atoms. The summed E-state index contributed by atoms with van der Waals surface area (Å²) in [4.78, 5) is 11.2. The third kappa shape index (κ3) is 3.21. The molecule has 4 nitrogen and oxygen atoms in total. The Balaban J connectivity index is 2.80. The molecule has 0 saturated carbocycles. The number of hydrogen-bond acceptors (Lipinski definition) is 3. The standard InChI is InChI=1S/C10H13FN2O2/c1-12-6-10(14)13-8-4-3-7(11)5-9(8)15-2/h3-5,12H,6H2,1-2H3,(H,13,14). The number of carbonyl (C=O) groups excluding carboxylic acids is 1. The van der Waals surface area contributed by atoms with Crippen molar-refractivity contribution < 1.29 is 13.9 Å². The van der Waals surface area contributed by atoms with E-state index < -0.39 is 5.82 Å². The van der Waals surface area contributed by atoms with Crippen molar-refractivity contribution in [1.82, 2.24) is 5.32 Å². The highest BCUT2D eigenvalue weighted by atomic mass is 19.1. The van der Waals surface area contributed by atoms with Crippen molar-refractivity contribution in [3.05, 3.63) is 24.0 Å². The Kier molecular flexibility index (Phi) is 4.05. The Morgan fingerprint density at radius 1 is 1.53 bits per heavy atom. The maximum absolute atomic E-state index is 12.8. The van der Waals surface area contributed by atoms with Gasteiger partial charge in [-0.2, -0.15) is 0 Å². The van der Waals surface area contributed by atoms with Gasteiger partial charge in [0.15, 0.2) is 0 Å². The lowest BCUT2D eigenvalue weighted by molar-refractivity contribution is -0.115. The SMILES string of the molecule is CNCC(=O)Nc1ccc(F)cc1OC. The molecule has 1 aromatic rings. The Hall–Kier alpha value is -1.62. The molecule has 0 bridgehead atoms. The zero-order chi connectivity index (χ0) is 11.3. The predicted octanol–water partition coefficient (Wildman–Crippen LogP) is 0.992. The van der Waals surface area contributed by atoms with Gasteiger partial charge in [0.05, 0.1) is 19.3 Å². The lowest BCUT2D eigenvalue weighted by Gasteiger charge is -2.09. The minimum absolute atomic E-state index is 0.195. The highest BCUT2D eigenvalue weighted by Crippen LogP contribution is 2.24. The maximum Gasteiger partial charge on any atom is 0.238 e. The van der Waals surface area contributed by atoms with Crippen LogP contribution in [0, 0.1) is 5.82 Å². The van der Waals surface area contributed by atoms with Crippen LogP contribution in [0.2, 0.25) is 0 Å². The minimum Gasteiger partial charge on any atom is -0.494 e. The van der Waals surface area contributed by atoms with Gasteiger partial charge in [-0.05, 0) is 19.2 Å². The largest absolute Gasteiger partial charge is 0.494 e. The molecule has 0 aliphatic heterocycles. The molecule has 1 aromatic carbocycles. The summed E-state index contributed by atoms with van der Waals surface area (Å²) in [6, 6.07) is 3.94. The molecule has 0 unspecified atom stereocenters. The average molecular weight is 212 g/mol. The molecule has 0 fully saturated rings. The number of methoxy groups -OCH3 is 1. The number of anilines is 1. The van der Waals surface area contributed by atoms with Crippen LogP contribution in [0.3, 0.4) is 0 Å². The molecule has 2 N–H and O–H groups in total. The third-order valence-corrected chi connectivity index (χ3v) is 1.77. The van der Waals surface area contributed by atoms with E-state index in [1.807, 2.05) is 0 Å². The molecular weight excluding hydrogens is 199 g/mol. The van der Waals surface area contributed by atoms with E-state index in [-0.39, 0.29) is 12.5 Å². The normalized spacial score (nSPS) is 9.80. The van der Waals surface area contributed by atoms with Crippen LogP contribution in [0.4, 0.5) is 10.1 Å². The Labute approximate surface area is 87.4 Å². The summed E-state index contributed by atoms with van der Waals surface area (Å²) in [7, 11) is 3.09. The van der Waals surface area contributed by atoms with Gasteiger partial charge < -0.3 is 15.4 Å². The average Bonchev–Trinajstić information content (AvgIpc) is 2.21. The number of ether oxygens (including phenoxy) is 1. The van der Waals surface area contributed by atoms with Gasteiger partial charge in [-0.1, -0.05) is 0 Å². The van der Waals surface area contributed by atoms with Crippen molar-refractivity contribution in [3.63, 3.8) is 0 Å². The Bertz CT molecular complexity index is 355. The molecule has 1 rings (SSSR count). The van der Waals surface area contributed by atoms with E-state index >= 15 is 0 Å². The van der Waals surface area contributed by atoms with Crippen molar-refractivity contribution in [2.24, 2.45) is 0 Å². The van der Waals surface area contributed by atoms with Crippen molar-refractivity contribution in [2.75, 3.05) is 26.0 Å². The first-order chi connectivity index (χ1) is 7.17. The van der Waals surface area contributed by atoms with Crippen LogP contribution >= 0.6 is 0 Å². The first kappa shape index (κ1) is 11.5. The summed E-state index contributed by atoms with van der Waals surface area (Å²) in [6.07, 6.45) is 0. The molecule has 0 atom stereocenters. The second-order valence-corrected chi connectivity index (χ2v) is 2.92. The summed E-state index contributed by atoms with van der Waals surface area (Å²) >= 11 is 0. The van der Waals surface area contributed by atoms with Gasteiger partial charge in [0.2, 0.25) is 5.91 Å². The highest BCUT2D eigenvalue weighted by Gasteiger charge is 2.07. The molecule has 0 aliphatic rings. The van der Waals surface area contributed by atoms with Gasteiger partial charge in [0.25, 0.3) is 0 Å². The lowest BCUT2D eigenvalue weighted by Crippen LogP contribution is -2.25. The van der Waals surface area contributed by atoms with E-state index in [0.29, 0.717) is 11.4 Å². The van der Waals surface area contributed by atoms with Crippen molar-refractivity contribution in [2.45, 2.75) is 0 Å². The number of halogens is 1. The molecule has 0 radical (unpaired) electrons. The second-order valence-electron chi connectivity index (χ2n) is 2.92. The quantitative estimate of drug-likeness (QED) is 0.782. The summed E-state index contributed by atoms with van der Waals surface area (Å²) in [5.74, 6) is -0.305. The van der Waals surface area contributed by atoms with Crippen LogP contribution in [0.5, 0.6) is 5.75 Å². The predicted molar refractivity (Wildman–Crippen MR) is 55.5 cm³/mol. The van der Waals surface area contributed by atoms with Crippen molar-refractivity contribution in [3.8, 4) is 5.75 Å². The minimum atomic E-state index is -0.404. The highest BCUT2D eigenvalue weighted by molar-refractivity contribution is 5.93. The van der Waals surface area contributed by atoms with Gasteiger partial charge in [-0.3, -0.25) is 4.79 Å². The van der Waals surface area contributed by atoms with E-state index in [0.717, 1.165) is 0 Å². The number of amides is 1. The van der Waals surface area contributed by atoms with Gasteiger partial charge >= 0.3 is 0 Å². The molecule has 0 saturated heterocycles. The van der Waals surface area contributed by atoms with E-state index in [9.17, 15) is 9.18 Å². The topological polar surface area (TPSA) is 50.4 Å². The van der Waals surface area contributed by atoms with Gasteiger partial charge in [0.1, 0.15) is 11.6 Å². The first-order valence-corrected chi connectivity index (χ1v) is 4.45. The van der Waals surface area contributed by atoms with Gasteiger partial charge in [-0.15, -0.1) is 0 Å². The van der Waals surface area contributed by atoms with Crippen molar-refractivity contribution >= 4 is 11.6 Å². The molecule has 0 aromatic heterocycles. The zero-order valence-electron chi connectivity index (χ0n) is 8.63. The van der Waals surface area contributed by atoms with E-state index in [2.05, 4.69) is 10.6 Å². The van der Waals surface area contributed by atoms with Crippen LogP contribution in [0.1, 0.15) is 0 Å². The van der Waals surface area contributed by atoms with Crippen molar-refractivity contribution in [1.29, 1.82) is 0 Å².